The molecule has 300 valence electrons. The fourth-order valence-corrected chi connectivity index (χ4v) is 20.4. The average molecular weight is 981 g/mol. The Kier molecular flexibility index (Phi) is 32.5. The molecule has 0 radical (unpaired) electrons. The van der Waals surface area contributed by atoms with Crippen LogP contribution in [0.5, 0.6) is 5.75 Å². The first-order valence-electron chi connectivity index (χ1n) is 15.3. The van der Waals surface area contributed by atoms with Crippen LogP contribution in [0.3, 0.4) is 0 Å². The molecule has 13 nitrogen and oxygen atoms in total. The van der Waals surface area contributed by atoms with Gasteiger partial charge in [0.2, 0.25) is 17.3 Å². The number of benzene rings is 1. The fourth-order valence-electron chi connectivity index (χ4n) is 2.74. The van der Waals surface area contributed by atoms with Gasteiger partial charge < -0.3 is 32.5 Å². The van der Waals surface area contributed by atoms with Crippen LogP contribution in [0.15, 0.2) is 34.5 Å². The predicted octanol–water partition coefficient (Wildman–Crippen LogP) is 11.8. The zero-order chi connectivity index (χ0) is 39.6. The molecular weight excluding hydrogens is 930 g/mol. The Hall–Kier alpha value is 1.33. The van der Waals surface area contributed by atoms with Crippen LogP contribution in [-0.4, -0.2) is 71.0 Å². The second kappa shape index (κ2) is 30.5. The number of rotatable bonds is 24. The highest BCUT2D eigenvalue weighted by Gasteiger charge is 2.28. The summed E-state index contributed by atoms with van der Waals surface area (Å²) in [5.74, 6) is 0.878. The van der Waals surface area contributed by atoms with Gasteiger partial charge >= 0.3 is 14.6 Å². The summed E-state index contributed by atoms with van der Waals surface area (Å²) in [6, 6.07) is 5.14. The SMILES string of the molecule is CCCSP(=O)(OCC)Oc1ccc(Br)cc1Cl.CCOP(=S)(OCC)SCSP(=S)(OCC)OCC.CNC(=O)/C=C(\C)OP(=O)(OC)OC. The Morgan fingerprint density at radius 2 is 1.33 bits per heavy atom. The molecule has 0 fully saturated rings. The molecular formula is C27H51BrClNO12P4S5. The van der Waals surface area contributed by atoms with Gasteiger partial charge in [0, 0.05) is 37.6 Å². The number of phosphoric ester groups is 1. The van der Waals surface area contributed by atoms with Crippen LogP contribution in [0, 0.1) is 0 Å². The zero-order valence-corrected chi connectivity index (χ0v) is 40.5. The summed E-state index contributed by atoms with van der Waals surface area (Å²) in [6.07, 6.45) is 2.05. The minimum Gasteiger partial charge on any atom is -0.415 e. The van der Waals surface area contributed by atoms with E-state index >= 15 is 0 Å². The maximum Gasteiger partial charge on any atom is 0.529 e. The lowest BCUT2D eigenvalue weighted by Crippen LogP contribution is -2.15. The molecule has 1 N–H and O–H groups in total. The molecule has 1 aromatic rings. The Bertz CT molecular complexity index is 1310. The minimum atomic E-state index is -3.55. The monoisotopic (exact) mass is 979 g/mol. The highest BCUT2D eigenvalue weighted by molar-refractivity contribution is 9.10. The van der Waals surface area contributed by atoms with Gasteiger partial charge in [0.25, 0.3) is 0 Å². The third-order valence-corrected chi connectivity index (χ3v) is 22.8. The van der Waals surface area contributed by atoms with Crippen LogP contribution in [-0.2, 0) is 73.7 Å². The van der Waals surface area contributed by atoms with Crippen molar-refractivity contribution in [2.45, 2.75) is 54.9 Å². The molecule has 0 aliphatic carbocycles. The van der Waals surface area contributed by atoms with Crippen LogP contribution in [0.2, 0.25) is 5.02 Å². The summed E-state index contributed by atoms with van der Waals surface area (Å²) in [7, 11) is 0.302. The minimum absolute atomic E-state index is 0.149. The summed E-state index contributed by atoms with van der Waals surface area (Å²) in [4.78, 5) is 10.8. The lowest BCUT2D eigenvalue weighted by molar-refractivity contribution is -0.116. The van der Waals surface area contributed by atoms with Crippen molar-refractivity contribution in [1.82, 2.24) is 5.32 Å². The molecule has 1 amide bonds. The van der Waals surface area contributed by atoms with Crippen molar-refractivity contribution in [3.63, 3.8) is 0 Å². The maximum atomic E-state index is 12.4. The lowest BCUT2D eigenvalue weighted by Gasteiger charge is -2.23. The summed E-state index contributed by atoms with van der Waals surface area (Å²) in [6.45, 7) is 12.3. The van der Waals surface area contributed by atoms with E-state index in [1.54, 1.807) is 25.1 Å². The van der Waals surface area contributed by atoms with Crippen LogP contribution in [0.25, 0.3) is 0 Å². The van der Waals surface area contributed by atoms with E-state index in [0.717, 1.165) is 17.0 Å². The number of halogens is 2. The van der Waals surface area contributed by atoms with Gasteiger partial charge in [0.05, 0.1) is 43.1 Å². The summed E-state index contributed by atoms with van der Waals surface area (Å²) in [5, 5.41) is 3.42. The molecule has 0 spiro atoms. The number of amides is 1. The van der Waals surface area contributed by atoms with Crippen molar-refractivity contribution < 1.29 is 54.6 Å². The fraction of sp³-hybridized carbons (Fsp3) is 0.667. The zero-order valence-electron chi connectivity index (χ0n) is 30.5. The van der Waals surface area contributed by atoms with Gasteiger partial charge in [-0.05, 0) is 101 Å². The topological polar surface area (TPSA) is 146 Å². The molecule has 1 rings (SSSR count). The van der Waals surface area contributed by atoms with Crippen molar-refractivity contribution in [3.05, 3.63) is 39.5 Å². The van der Waals surface area contributed by atoms with Gasteiger partial charge in [-0.3, -0.25) is 18.4 Å². The molecule has 0 aliphatic heterocycles. The van der Waals surface area contributed by atoms with Gasteiger partial charge in [-0.15, -0.1) is 0 Å². The number of phosphoric acid groups is 1. The van der Waals surface area contributed by atoms with E-state index < -0.39 is 26.0 Å². The van der Waals surface area contributed by atoms with Crippen molar-refractivity contribution in [2.75, 3.05) is 65.1 Å². The number of hydrogen-bond acceptors (Lipinski definition) is 17. The van der Waals surface area contributed by atoms with Gasteiger partial charge in [-0.25, -0.2) is 9.13 Å². The number of carbonyl (C=O) groups is 1. The van der Waals surface area contributed by atoms with Gasteiger partial charge in [-0.2, -0.15) is 0 Å². The molecule has 0 heterocycles. The van der Waals surface area contributed by atoms with Crippen molar-refractivity contribution in [1.29, 1.82) is 0 Å². The molecule has 0 aliphatic rings. The molecule has 0 bridgehead atoms. The third kappa shape index (κ3) is 26.0. The molecule has 24 heteroatoms. The molecule has 51 heavy (non-hydrogen) atoms. The highest BCUT2D eigenvalue weighted by atomic mass is 79.9. The number of hydrogen-bond donors (Lipinski definition) is 1. The Morgan fingerprint density at radius 1 is 0.863 bits per heavy atom. The van der Waals surface area contributed by atoms with Crippen molar-refractivity contribution in [2.24, 2.45) is 0 Å². The van der Waals surface area contributed by atoms with Gasteiger partial charge in [0.1, 0.15) is 11.5 Å². The van der Waals surface area contributed by atoms with E-state index in [-0.39, 0.29) is 11.7 Å². The van der Waals surface area contributed by atoms with Crippen LogP contribution >= 0.6 is 87.7 Å². The number of likely N-dealkylation sites (N-methyl/N-ethyl adjacent to an activating group) is 1. The third-order valence-electron chi connectivity index (χ3n) is 4.70. The van der Waals surface area contributed by atoms with E-state index in [9.17, 15) is 13.9 Å². The average Bonchev–Trinajstić information content (AvgIpc) is 3.06. The smallest absolute Gasteiger partial charge is 0.415 e. The molecule has 0 aromatic heterocycles. The van der Waals surface area contributed by atoms with Crippen LogP contribution in [0.4, 0.5) is 0 Å². The van der Waals surface area contributed by atoms with Crippen LogP contribution < -0.4 is 9.84 Å². The van der Waals surface area contributed by atoms with E-state index in [1.165, 1.54) is 62.3 Å². The second-order valence-corrected chi connectivity index (χ2v) is 28.8. The summed E-state index contributed by atoms with van der Waals surface area (Å²) in [5.41, 5.74) is -4.51. The first-order valence-corrected chi connectivity index (χ1v) is 29.6. The molecule has 1 aromatic carbocycles. The van der Waals surface area contributed by atoms with E-state index in [4.69, 9.17) is 66.9 Å². The highest BCUT2D eigenvalue weighted by Crippen LogP contribution is 2.68. The number of allylic oxidation sites excluding steroid dienone is 1. The lowest BCUT2D eigenvalue weighted by atomic mass is 10.3. The first-order chi connectivity index (χ1) is 23.9. The van der Waals surface area contributed by atoms with Crippen LogP contribution in [0.1, 0.15) is 54.9 Å². The van der Waals surface area contributed by atoms with E-state index in [1.807, 2.05) is 34.6 Å². The Morgan fingerprint density at radius 3 is 1.71 bits per heavy atom. The predicted molar refractivity (Wildman–Crippen MR) is 227 cm³/mol. The standard InChI is InChI=1S/C11H15BrClO3PS.C9H22O4P2S4.C7H14NO5P/c1-3-7-18-17(14,15-4-2)16-11-6-5-9(12)8-10(11)13;1-5-10-14(16,11-6-2)18-9-19-15(17,12-7-3)13-8-4;1-6(5-7(9)8-2)13-14(10,11-3)12-4/h5-6,8H,3-4,7H2,1-2H3;5-9H2,1-4H3;5H,1-4H3,(H,8,9)/b;;6-5+. The van der Waals surface area contributed by atoms with Gasteiger partial charge in [0.15, 0.2) is 0 Å². The molecule has 1 atom stereocenters. The van der Waals surface area contributed by atoms with Crippen molar-refractivity contribution in [3.8, 4) is 5.75 Å². The summed E-state index contributed by atoms with van der Waals surface area (Å²) >= 11 is 24.4. The normalized spacial score (nSPS) is 13.2. The largest absolute Gasteiger partial charge is 0.529 e. The number of nitrogens with one attached hydrogen (secondary N) is 1. The Balaban J connectivity index is 0. The first kappa shape index (κ1) is 54.4. The summed E-state index contributed by atoms with van der Waals surface area (Å²) < 4.78 is 71.4. The molecule has 1 unspecified atom stereocenters. The number of carbonyl (C=O) groups excluding carboxylic acids is 1. The van der Waals surface area contributed by atoms with E-state index in [2.05, 4.69) is 30.3 Å². The molecule has 0 saturated carbocycles. The second-order valence-electron chi connectivity index (χ2n) is 8.58. The van der Waals surface area contributed by atoms with Crippen molar-refractivity contribution >= 4 is 117 Å². The maximum absolute atomic E-state index is 12.4. The Labute approximate surface area is 340 Å². The van der Waals surface area contributed by atoms with E-state index in [0.29, 0.717) is 54.6 Å². The molecule has 0 saturated heterocycles. The van der Waals surface area contributed by atoms with Gasteiger partial charge in [-0.1, -0.05) is 57.2 Å². The quantitative estimate of drug-likeness (QED) is 0.0453.